The molecule has 0 bridgehead atoms. The maximum Gasteiger partial charge on any atom is 0.396 e. The van der Waals surface area contributed by atoms with Crippen molar-refractivity contribution in [2.75, 3.05) is 6.61 Å². The molecule has 0 saturated carbocycles. The second-order valence-electron chi connectivity index (χ2n) is 4.88. The maximum absolute atomic E-state index is 11.8. The Bertz CT molecular complexity index is 646. The quantitative estimate of drug-likeness (QED) is 0.310. The third-order valence-electron chi connectivity index (χ3n) is 3.27. The van der Waals surface area contributed by atoms with Crippen LogP contribution in [0.25, 0.3) is 0 Å². The van der Waals surface area contributed by atoms with Crippen molar-refractivity contribution in [1.82, 2.24) is 10.4 Å². The predicted molar refractivity (Wildman–Crippen MR) is 78.1 cm³/mol. The van der Waals surface area contributed by atoms with Crippen molar-refractivity contribution < 1.29 is 33.9 Å². The van der Waals surface area contributed by atoms with Crippen LogP contribution in [0, 0.1) is 0 Å². The van der Waals surface area contributed by atoms with Crippen molar-refractivity contribution in [2.45, 2.75) is 25.6 Å². The Morgan fingerprint density at radius 3 is 2.46 bits per heavy atom. The summed E-state index contributed by atoms with van der Waals surface area (Å²) in [5.74, 6) is -4.71. The number of nitrogens with one attached hydrogen (secondary N) is 1. The zero-order valence-electron chi connectivity index (χ0n) is 12.8. The van der Waals surface area contributed by atoms with Gasteiger partial charge < -0.3 is 15.2 Å². The van der Waals surface area contributed by atoms with Gasteiger partial charge in [-0.1, -0.05) is 30.3 Å². The number of carbonyl (C=O) groups is 4. The van der Waals surface area contributed by atoms with E-state index in [4.69, 9.17) is 14.7 Å². The molecule has 128 valence electrons. The zero-order chi connectivity index (χ0) is 17.7. The van der Waals surface area contributed by atoms with Gasteiger partial charge in [0.25, 0.3) is 0 Å². The molecule has 1 aromatic rings. The Morgan fingerprint density at radius 1 is 1.25 bits per heavy atom. The first-order chi connectivity index (χ1) is 11.5. The van der Waals surface area contributed by atoms with E-state index < -0.39 is 35.8 Å². The number of benzene rings is 1. The highest BCUT2D eigenvalue weighted by Gasteiger charge is 2.52. The summed E-state index contributed by atoms with van der Waals surface area (Å²) in [4.78, 5) is 51.6. The lowest BCUT2D eigenvalue weighted by molar-refractivity contribution is -0.222. The zero-order valence-corrected chi connectivity index (χ0v) is 12.8. The molecule has 0 unspecified atom stereocenters. The monoisotopic (exact) mass is 336 g/mol. The number of rotatable bonds is 6. The highest BCUT2D eigenvalue weighted by molar-refractivity contribution is 6.31. The number of hydrogen-bond donors (Lipinski definition) is 2. The van der Waals surface area contributed by atoms with Crippen molar-refractivity contribution in [3.05, 3.63) is 35.9 Å². The summed E-state index contributed by atoms with van der Waals surface area (Å²) in [5.41, 5.74) is 0.660. The van der Waals surface area contributed by atoms with Crippen LogP contribution < -0.4 is 5.32 Å². The average Bonchev–Trinajstić information content (AvgIpc) is 2.56. The van der Waals surface area contributed by atoms with Crippen molar-refractivity contribution in [2.24, 2.45) is 0 Å². The van der Waals surface area contributed by atoms with Crippen LogP contribution in [0.1, 0.15) is 12.5 Å². The third kappa shape index (κ3) is 3.69. The van der Waals surface area contributed by atoms with Crippen molar-refractivity contribution >= 4 is 23.8 Å². The fourth-order valence-corrected chi connectivity index (χ4v) is 2.11. The van der Waals surface area contributed by atoms with E-state index in [-0.39, 0.29) is 13.2 Å². The fourth-order valence-electron chi connectivity index (χ4n) is 2.11. The van der Waals surface area contributed by atoms with E-state index in [1.165, 1.54) is 0 Å². The van der Waals surface area contributed by atoms with E-state index in [1.54, 1.807) is 37.3 Å². The molecule has 0 aromatic heterocycles. The van der Waals surface area contributed by atoms with Crippen LogP contribution in [-0.4, -0.2) is 52.6 Å². The Balaban J connectivity index is 2.15. The first-order valence-electron chi connectivity index (χ1n) is 7.16. The molecule has 2 atom stereocenters. The maximum atomic E-state index is 11.8. The number of esters is 1. The number of hydroxylamine groups is 2. The van der Waals surface area contributed by atoms with Gasteiger partial charge in [-0.15, -0.1) is 0 Å². The largest absolute Gasteiger partial charge is 0.474 e. The lowest BCUT2D eigenvalue weighted by atomic mass is 9.98. The number of nitrogens with zero attached hydrogens (tertiary/aromatic N) is 1. The summed E-state index contributed by atoms with van der Waals surface area (Å²) < 4.78 is 4.78. The van der Waals surface area contributed by atoms with Gasteiger partial charge in [-0.25, -0.2) is 9.59 Å². The molecular formula is C15H16N2O7. The summed E-state index contributed by atoms with van der Waals surface area (Å²) in [5, 5.41) is 11.6. The van der Waals surface area contributed by atoms with Crippen LogP contribution in [0.5, 0.6) is 0 Å². The minimum Gasteiger partial charge on any atom is -0.474 e. The first kappa shape index (κ1) is 17.4. The lowest BCUT2D eigenvalue weighted by Crippen LogP contribution is -2.73. The van der Waals surface area contributed by atoms with E-state index in [0.29, 0.717) is 10.6 Å². The van der Waals surface area contributed by atoms with Crippen LogP contribution in [0.4, 0.5) is 0 Å². The minimum absolute atomic E-state index is 0.0790. The van der Waals surface area contributed by atoms with Gasteiger partial charge in [0, 0.05) is 0 Å². The molecule has 2 N–H and O–H groups in total. The van der Waals surface area contributed by atoms with E-state index in [9.17, 15) is 19.2 Å². The number of β-lactam (4-membered cyclic amide) rings is 1. The number of carboxylic acid groups (broad SMARTS) is 1. The molecule has 1 aromatic carbocycles. The van der Waals surface area contributed by atoms with Crippen molar-refractivity contribution in [3.8, 4) is 0 Å². The predicted octanol–water partition coefficient (Wildman–Crippen LogP) is -0.538. The molecule has 0 aliphatic carbocycles. The molecule has 9 heteroatoms. The van der Waals surface area contributed by atoms with Crippen LogP contribution in [0.3, 0.4) is 0 Å². The summed E-state index contributed by atoms with van der Waals surface area (Å²) in [6.45, 7) is 1.52. The Morgan fingerprint density at radius 2 is 1.92 bits per heavy atom. The lowest BCUT2D eigenvalue weighted by Gasteiger charge is -2.40. The van der Waals surface area contributed by atoms with Crippen molar-refractivity contribution in [1.29, 1.82) is 0 Å². The minimum atomic E-state index is -1.80. The van der Waals surface area contributed by atoms with Gasteiger partial charge in [0.05, 0.1) is 6.61 Å². The normalized spacial score (nSPS) is 19.0. The molecule has 1 saturated heterocycles. The molecule has 24 heavy (non-hydrogen) atoms. The van der Waals surface area contributed by atoms with E-state index in [0.717, 1.165) is 0 Å². The summed E-state index contributed by atoms with van der Waals surface area (Å²) >= 11 is 0. The molecule has 1 aliphatic heterocycles. The molecule has 9 nitrogen and oxygen atoms in total. The second kappa shape index (κ2) is 7.55. The van der Waals surface area contributed by atoms with Gasteiger partial charge in [-0.05, 0) is 12.5 Å². The SMILES string of the molecule is CCOC(=O)[C@@H]1NC(=O)[C@@H]1N(OCc1ccccc1)C(=O)C(=O)O. The van der Waals surface area contributed by atoms with Crippen LogP contribution >= 0.6 is 0 Å². The molecule has 1 fully saturated rings. The number of amides is 2. The van der Waals surface area contributed by atoms with Gasteiger partial charge >= 0.3 is 17.8 Å². The topological polar surface area (TPSA) is 122 Å². The standard InChI is InChI=1S/C15H16N2O7/c1-2-23-15(22)10-11(12(18)16-10)17(13(19)14(20)21)24-8-9-6-4-3-5-7-9/h3-7,10-11H,2,8H2,1H3,(H,16,18)(H,20,21)/t10-,11-/m1/s1. The number of carboxylic acids is 1. The molecule has 2 rings (SSSR count). The highest BCUT2D eigenvalue weighted by Crippen LogP contribution is 2.18. The average molecular weight is 336 g/mol. The third-order valence-corrected chi connectivity index (χ3v) is 3.27. The molecule has 2 amide bonds. The van der Waals surface area contributed by atoms with Gasteiger partial charge in [0.15, 0.2) is 12.1 Å². The number of hydrogen-bond acceptors (Lipinski definition) is 6. The summed E-state index contributed by atoms with van der Waals surface area (Å²) in [6, 6.07) is 6.09. The van der Waals surface area contributed by atoms with Crippen LogP contribution in [0.2, 0.25) is 0 Å². The van der Waals surface area contributed by atoms with Gasteiger partial charge in [0.2, 0.25) is 5.91 Å². The Hall–Kier alpha value is -2.94. The van der Waals surface area contributed by atoms with Crippen LogP contribution in [-0.2, 0) is 35.4 Å². The molecule has 1 aliphatic rings. The van der Waals surface area contributed by atoms with Gasteiger partial charge in [-0.3, -0.25) is 14.4 Å². The first-order valence-corrected chi connectivity index (χ1v) is 7.16. The molecule has 0 spiro atoms. The number of aliphatic carboxylic acids is 1. The van der Waals surface area contributed by atoms with E-state index in [1.807, 2.05) is 0 Å². The molecule has 1 heterocycles. The molecular weight excluding hydrogens is 320 g/mol. The summed E-state index contributed by atoms with van der Waals surface area (Å²) in [7, 11) is 0. The fraction of sp³-hybridized carbons (Fsp3) is 0.333. The Kier molecular flexibility index (Phi) is 5.48. The number of ether oxygens (including phenoxy) is 1. The Labute approximate surface area is 137 Å². The summed E-state index contributed by atoms with van der Waals surface area (Å²) in [6.07, 6.45) is 0. The highest BCUT2D eigenvalue weighted by atomic mass is 16.7. The molecule has 0 radical (unpaired) electrons. The van der Waals surface area contributed by atoms with E-state index >= 15 is 0 Å². The van der Waals surface area contributed by atoms with Gasteiger partial charge in [0.1, 0.15) is 6.61 Å². The van der Waals surface area contributed by atoms with E-state index in [2.05, 4.69) is 5.32 Å². The smallest absolute Gasteiger partial charge is 0.396 e. The second-order valence-corrected chi connectivity index (χ2v) is 4.88. The van der Waals surface area contributed by atoms with Gasteiger partial charge in [-0.2, -0.15) is 5.06 Å². The number of carbonyl (C=O) groups excluding carboxylic acids is 3. The van der Waals surface area contributed by atoms with Crippen molar-refractivity contribution in [3.63, 3.8) is 0 Å². The van der Waals surface area contributed by atoms with Crippen LogP contribution in [0.15, 0.2) is 30.3 Å².